The SMILES string of the molecule is NC(=O)Nc1sc(-c2ccc(C=CC[C@@H](NC3CCCCC3)C(=O)OC3CCCC3)cc2)cc1C(N)=O. The average Bonchev–Trinajstić information content (AvgIpc) is 3.54. The minimum absolute atomic E-state index is 0.0608. The molecule has 0 saturated heterocycles. The number of hydrogen-bond donors (Lipinski definition) is 4. The van der Waals surface area contributed by atoms with Crippen molar-refractivity contribution in [2.75, 3.05) is 5.32 Å². The lowest BCUT2D eigenvalue weighted by Crippen LogP contribution is -2.45. The summed E-state index contributed by atoms with van der Waals surface area (Å²) in [5.74, 6) is -0.769. The molecule has 198 valence electrons. The van der Waals surface area contributed by atoms with Crippen molar-refractivity contribution >= 4 is 40.3 Å². The van der Waals surface area contributed by atoms with Crippen molar-refractivity contribution in [1.29, 1.82) is 0 Å². The van der Waals surface area contributed by atoms with E-state index in [9.17, 15) is 14.4 Å². The van der Waals surface area contributed by atoms with Crippen molar-refractivity contribution in [1.82, 2.24) is 5.32 Å². The Kier molecular flexibility index (Phi) is 9.35. The van der Waals surface area contributed by atoms with Crippen molar-refractivity contribution in [2.45, 2.75) is 82.4 Å². The maximum Gasteiger partial charge on any atom is 0.323 e. The molecule has 2 aromatic rings. The van der Waals surface area contributed by atoms with Gasteiger partial charge in [0.15, 0.2) is 0 Å². The molecule has 2 fully saturated rings. The van der Waals surface area contributed by atoms with Gasteiger partial charge in [-0.1, -0.05) is 55.7 Å². The molecule has 8 nitrogen and oxygen atoms in total. The number of benzene rings is 1. The zero-order valence-corrected chi connectivity index (χ0v) is 21.9. The number of nitrogens with one attached hydrogen (secondary N) is 2. The number of urea groups is 1. The number of rotatable bonds is 10. The van der Waals surface area contributed by atoms with Crippen molar-refractivity contribution in [3.63, 3.8) is 0 Å². The third-order valence-corrected chi connectivity index (χ3v) is 8.12. The third-order valence-electron chi connectivity index (χ3n) is 7.02. The van der Waals surface area contributed by atoms with Crippen LogP contribution in [0, 0.1) is 0 Å². The highest BCUT2D eigenvalue weighted by molar-refractivity contribution is 7.20. The van der Waals surface area contributed by atoms with Crippen LogP contribution in [0.25, 0.3) is 16.5 Å². The van der Waals surface area contributed by atoms with Crippen LogP contribution >= 0.6 is 11.3 Å². The molecule has 37 heavy (non-hydrogen) atoms. The standard InChI is InChI=1S/C28H36N4O4S/c29-25(33)22-17-24(37-26(22)32-28(30)35)19-15-13-18(14-16-19)7-6-12-23(31-20-8-2-1-3-9-20)27(34)36-21-10-4-5-11-21/h6-7,13-17,20-21,23,31H,1-5,8-12H2,(H2,29,33)(H3,30,32,35)/t23-/m1/s1. The zero-order valence-electron chi connectivity index (χ0n) is 21.0. The number of amides is 3. The van der Waals surface area contributed by atoms with Gasteiger partial charge in [-0.2, -0.15) is 0 Å². The molecule has 3 amide bonds. The molecular formula is C28H36N4O4S. The van der Waals surface area contributed by atoms with Gasteiger partial charge in [0.2, 0.25) is 0 Å². The van der Waals surface area contributed by atoms with Crippen LogP contribution in [-0.4, -0.2) is 36.1 Å². The molecule has 0 spiro atoms. The van der Waals surface area contributed by atoms with Gasteiger partial charge in [0.05, 0.1) is 5.56 Å². The van der Waals surface area contributed by atoms with E-state index in [0.717, 1.165) is 54.5 Å². The molecule has 0 unspecified atom stereocenters. The summed E-state index contributed by atoms with van der Waals surface area (Å²) in [5, 5.41) is 6.37. The topological polar surface area (TPSA) is 137 Å². The third kappa shape index (κ3) is 7.66. The smallest absolute Gasteiger partial charge is 0.323 e. The number of ether oxygens (including phenoxy) is 1. The Hall–Kier alpha value is -3.17. The summed E-state index contributed by atoms with van der Waals surface area (Å²) in [6, 6.07) is 8.75. The lowest BCUT2D eigenvalue weighted by Gasteiger charge is -2.27. The van der Waals surface area contributed by atoms with Crippen molar-refractivity contribution < 1.29 is 19.1 Å². The van der Waals surface area contributed by atoms with Gasteiger partial charge in [0, 0.05) is 10.9 Å². The number of esters is 1. The number of thiophene rings is 1. The molecule has 1 heterocycles. The largest absolute Gasteiger partial charge is 0.461 e. The normalized spacial score (nSPS) is 17.6. The monoisotopic (exact) mass is 524 g/mol. The lowest BCUT2D eigenvalue weighted by molar-refractivity contribution is -0.151. The van der Waals surface area contributed by atoms with Gasteiger partial charge in [-0.3, -0.25) is 14.9 Å². The van der Waals surface area contributed by atoms with Gasteiger partial charge in [0.25, 0.3) is 5.91 Å². The van der Waals surface area contributed by atoms with Gasteiger partial charge >= 0.3 is 12.0 Å². The molecule has 2 aliphatic rings. The number of carbonyl (C=O) groups is 3. The molecule has 2 aliphatic carbocycles. The second kappa shape index (κ2) is 12.9. The highest BCUT2D eigenvalue weighted by Gasteiger charge is 2.27. The second-order valence-electron chi connectivity index (χ2n) is 9.86. The number of carbonyl (C=O) groups excluding carboxylic acids is 3. The molecule has 2 saturated carbocycles. The van der Waals surface area contributed by atoms with E-state index < -0.39 is 11.9 Å². The summed E-state index contributed by atoms with van der Waals surface area (Å²) < 4.78 is 5.83. The molecule has 1 aromatic carbocycles. The highest BCUT2D eigenvalue weighted by Crippen LogP contribution is 2.35. The lowest BCUT2D eigenvalue weighted by atomic mass is 9.94. The van der Waals surface area contributed by atoms with E-state index in [2.05, 4.69) is 10.6 Å². The Morgan fingerprint density at radius 2 is 1.68 bits per heavy atom. The predicted molar refractivity (Wildman–Crippen MR) is 147 cm³/mol. The van der Waals surface area contributed by atoms with Crippen LogP contribution < -0.4 is 22.1 Å². The highest BCUT2D eigenvalue weighted by atomic mass is 32.1. The van der Waals surface area contributed by atoms with E-state index in [1.54, 1.807) is 6.07 Å². The fraction of sp³-hybridized carbons (Fsp3) is 0.464. The minimum atomic E-state index is -0.750. The van der Waals surface area contributed by atoms with Gasteiger partial charge in [-0.15, -0.1) is 11.3 Å². The fourth-order valence-corrected chi connectivity index (χ4v) is 6.13. The maximum absolute atomic E-state index is 13.0. The summed E-state index contributed by atoms with van der Waals surface area (Å²) in [4.78, 5) is 36.7. The first-order chi connectivity index (χ1) is 17.9. The first kappa shape index (κ1) is 26.9. The molecule has 0 aliphatic heterocycles. The molecule has 0 bridgehead atoms. The van der Waals surface area contributed by atoms with Crippen LogP contribution in [0.4, 0.5) is 9.80 Å². The Balaban J connectivity index is 1.40. The Morgan fingerprint density at radius 3 is 2.32 bits per heavy atom. The van der Waals surface area contributed by atoms with E-state index in [4.69, 9.17) is 16.2 Å². The van der Waals surface area contributed by atoms with Crippen molar-refractivity contribution in [3.05, 3.63) is 47.5 Å². The van der Waals surface area contributed by atoms with E-state index in [0.29, 0.717) is 17.5 Å². The van der Waals surface area contributed by atoms with E-state index in [-0.39, 0.29) is 23.7 Å². The predicted octanol–water partition coefficient (Wildman–Crippen LogP) is 5.18. The maximum atomic E-state index is 13.0. The van der Waals surface area contributed by atoms with Crippen molar-refractivity contribution in [3.8, 4) is 10.4 Å². The number of primary amides is 2. The number of hydrogen-bond acceptors (Lipinski definition) is 6. The summed E-state index contributed by atoms with van der Waals surface area (Å²) in [5.41, 5.74) is 12.7. The zero-order chi connectivity index (χ0) is 26.2. The van der Waals surface area contributed by atoms with Crippen LogP contribution in [0.5, 0.6) is 0 Å². The number of anilines is 1. The summed E-state index contributed by atoms with van der Waals surface area (Å²) >= 11 is 1.24. The average molecular weight is 525 g/mol. The Bertz CT molecular complexity index is 1120. The van der Waals surface area contributed by atoms with Crippen LogP contribution in [0.2, 0.25) is 0 Å². The quantitative estimate of drug-likeness (QED) is 0.317. The van der Waals surface area contributed by atoms with Crippen LogP contribution in [0.3, 0.4) is 0 Å². The van der Waals surface area contributed by atoms with Gasteiger partial charge in [0.1, 0.15) is 17.1 Å². The van der Waals surface area contributed by atoms with Crippen LogP contribution in [-0.2, 0) is 9.53 Å². The van der Waals surface area contributed by atoms with Crippen LogP contribution in [0.15, 0.2) is 36.4 Å². The summed E-state index contributed by atoms with van der Waals surface area (Å²) in [7, 11) is 0. The molecular weight excluding hydrogens is 488 g/mol. The molecule has 4 rings (SSSR count). The molecule has 1 atom stereocenters. The van der Waals surface area contributed by atoms with Gasteiger partial charge in [-0.25, -0.2) is 4.79 Å². The van der Waals surface area contributed by atoms with E-state index in [1.165, 1.54) is 30.6 Å². The van der Waals surface area contributed by atoms with Gasteiger partial charge in [-0.05, 0) is 62.1 Å². The Labute approximate surface area is 221 Å². The first-order valence-electron chi connectivity index (χ1n) is 13.1. The second-order valence-corrected chi connectivity index (χ2v) is 10.9. The van der Waals surface area contributed by atoms with Crippen LogP contribution in [0.1, 0.15) is 80.1 Å². The molecule has 0 radical (unpaired) electrons. The first-order valence-corrected chi connectivity index (χ1v) is 13.9. The van der Waals surface area contributed by atoms with Crippen molar-refractivity contribution in [2.24, 2.45) is 11.5 Å². The van der Waals surface area contributed by atoms with E-state index >= 15 is 0 Å². The van der Waals surface area contributed by atoms with E-state index in [1.807, 2.05) is 36.4 Å². The molecule has 1 aromatic heterocycles. The fourth-order valence-electron chi connectivity index (χ4n) is 5.06. The summed E-state index contributed by atoms with van der Waals surface area (Å²) in [6.45, 7) is 0. The van der Waals surface area contributed by atoms with Gasteiger partial charge < -0.3 is 21.5 Å². The Morgan fingerprint density at radius 1 is 1.00 bits per heavy atom. The summed E-state index contributed by atoms with van der Waals surface area (Å²) in [6.07, 6.45) is 14.7. The minimum Gasteiger partial charge on any atom is -0.461 e. The molecule has 9 heteroatoms. The number of nitrogens with two attached hydrogens (primary N) is 2. The molecule has 6 N–H and O–H groups in total.